The van der Waals surface area contributed by atoms with E-state index in [1.54, 1.807) is 44.7 Å². The second-order valence-corrected chi connectivity index (χ2v) is 15.9. The Morgan fingerprint density at radius 1 is 1.08 bits per heavy atom. The maximum atomic E-state index is 14.8. The van der Waals surface area contributed by atoms with E-state index >= 15 is 0 Å². The predicted molar refractivity (Wildman–Crippen MR) is 145 cm³/mol. The van der Waals surface area contributed by atoms with E-state index in [2.05, 4.69) is 24.6 Å². The maximum absolute atomic E-state index is 14.8. The molecule has 0 radical (unpaired) electrons. The number of hydrogen-bond donors (Lipinski definition) is 1. The highest BCUT2D eigenvalue weighted by molar-refractivity contribution is 6.76. The predicted octanol–water partition coefficient (Wildman–Crippen LogP) is 5.50. The van der Waals surface area contributed by atoms with Crippen LogP contribution in [0.3, 0.4) is 0 Å². The number of halogens is 1. The number of amides is 1. The maximum Gasteiger partial charge on any atom is 0.257 e. The SMILES string of the molecule is CN(C)C(=O)c1cc(-c2cnc3c(c2)c(-c2ccccc2F)cn3COCC[Si](C)(C)C)cnc1N. The summed E-state index contributed by atoms with van der Waals surface area (Å²) in [6, 6.07) is 11.4. The molecule has 2 N–H and O–H groups in total. The first kappa shape index (κ1) is 25.5. The van der Waals surface area contributed by atoms with E-state index in [1.165, 1.54) is 11.0 Å². The van der Waals surface area contributed by atoms with Gasteiger partial charge in [0.15, 0.2) is 0 Å². The lowest BCUT2D eigenvalue weighted by Crippen LogP contribution is -2.23. The van der Waals surface area contributed by atoms with E-state index in [-0.39, 0.29) is 17.5 Å². The van der Waals surface area contributed by atoms with Crippen LogP contribution in [0.1, 0.15) is 10.4 Å². The lowest BCUT2D eigenvalue weighted by atomic mass is 10.0. The minimum absolute atomic E-state index is 0.167. The van der Waals surface area contributed by atoms with Crippen molar-refractivity contribution in [1.29, 1.82) is 0 Å². The average Bonchev–Trinajstić information content (AvgIpc) is 3.19. The van der Waals surface area contributed by atoms with Crippen molar-refractivity contribution in [1.82, 2.24) is 19.4 Å². The number of ether oxygens (including phenoxy) is 1. The minimum atomic E-state index is -1.21. The number of carbonyl (C=O) groups is 1. The van der Waals surface area contributed by atoms with Crippen LogP contribution in [0.4, 0.5) is 10.2 Å². The van der Waals surface area contributed by atoms with E-state index in [1.807, 2.05) is 22.9 Å². The van der Waals surface area contributed by atoms with Gasteiger partial charge in [-0.05, 0) is 24.2 Å². The Labute approximate surface area is 211 Å². The van der Waals surface area contributed by atoms with Gasteiger partial charge in [-0.15, -0.1) is 0 Å². The number of nitrogens with two attached hydrogens (primary N) is 1. The number of anilines is 1. The van der Waals surface area contributed by atoms with Crippen molar-refractivity contribution in [3.63, 3.8) is 0 Å². The summed E-state index contributed by atoms with van der Waals surface area (Å²) in [6.45, 7) is 7.92. The molecule has 0 atom stereocenters. The van der Waals surface area contributed by atoms with Crippen LogP contribution in [0.25, 0.3) is 33.3 Å². The summed E-state index contributed by atoms with van der Waals surface area (Å²) in [7, 11) is 2.11. The molecule has 0 aliphatic heterocycles. The minimum Gasteiger partial charge on any atom is -0.383 e. The van der Waals surface area contributed by atoms with Gasteiger partial charge in [0, 0.05) is 75.0 Å². The third kappa shape index (κ3) is 5.47. The van der Waals surface area contributed by atoms with Crippen LogP contribution in [0.5, 0.6) is 0 Å². The van der Waals surface area contributed by atoms with E-state index in [9.17, 15) is 9.18 Å². The second-order valence-electron chi connectivity index (χ2n) is 10.3. The molecular formula is C27H32FN5O2Si. The van der Waals surface area contributed by atoms with Gasteiger partial charge < -0.3 is 19.9 Å². The number of nitrogens with zero attached hydrogens (tertiary/aromatic N) is 4. The number of aromatic nitrogens is 3. The molecule has 9 heteroatoms. The Balaban J connectivity index is 1.78. The van der Waals surface area contributed by atoms with Gasteiger partial charge in [0.25, 0.3) is 5.91 Å². The molecule has 0 saturated carbocycles. The fourth-order valence-electron chi connectivity index (χ4n) is 3.91. The quantitative estimate of drug-likeness (QED) is 0.252. The van der Waals surface area contributed by atoms with Crippen LogP contribution in [0, 0.1) is 5.82 Å². The third-order valence-corrected chi connectivity index (χ3v) is 7.70. The molecule has 36 heavy (non-hydrogen) atoms. The molecule has 1 aromatic carbocycles. The van der Waals surface area contributed by atoms with E-state index in [0.29, 0.717) is 35.7 Å². The molecule has 0 unspecified atom stereocenters. The largest absolute Gasteiger partial charge is 0.383 e. The number of carbonyl (C=O) groups excluding carboxylic acids is 1. The monoisotopic (exact) mass is 505 g/mol. The molecule has 4 rings (SSSR count). The highest BCUT2D eigenvalue weighted by atomic mass is 28.3. The molecule has 188 valence electrons. The first-order valence-corrected chi connectivity index (χ1v) is 15.5. The molecule has 0 aliphatic rings. The van der Waals surface area contributed by atoms with Crippen molar-refractivity contribution in [3.8, 4) is 22.3 Å². The number of pyridine rings is 2. The third-order valence-electron chi connectivity index (χ3n) is 5.99. The normalized spacial score (nSPS) is 11.7. The number of rotatable bonds is 8. The molecule has 0 aliphatic carbocycles. The standard InChI is InChI=1S/C27H32FN5O2Si/c1-32(2)27(34)22-13-19(14-30-25(22)29)18-12-21-23(20-8-6-7-9-24(20)28)16-33(26(21)31-15-18)17-35-10-11-36(3,4)5/h6-9,12-16H,10-11,17H2,1-5H3,(H2,29,30). The van der Waals surface area contributed by atoms with Gasteiger partial charge in [-0.25, -0.2) is 14.4 Å². The second kappa shape index (κ2) is 10.2. The molecule has 4 aromatic rings. The van der Waals surface area contributed by atoms with Gasteiger partial charge in [0.1, 0.15) is 24.0 Å². The van der Waals surface area contributed by atoms with Crippen molar-refractivity contribution >= 4 is 30.8 Å². The molecule has 0 bridgehead atoms. The first-order chi connectivity index (χ1) is 17.0. The van der Waals surface area contributed by atoms with Crippen LogP contribution in [-0.2, 0) is 11.5 Å². The van der Waals surface area contributed by atoms with Gasteiger partial charge in [-0.3, -0.25) is 4.79 Å². The summed E-state index contributed by atoms with van der Waals surface area (Å²) in [6.07, 6.45) is 5.23. The number of hydrogen-bond acceptors (Lipinski definition) is 5. The van der Waals surface area contributed by atoms with E-state index in [0.717, 1.165) is 22.6 Å². The fraction of sp³-hybridized carbons (Fsp3) is 0.296. The van der Waals surface area contributed by atoms with Crippen molar-refractivity contribution < 1.29 is 13.9 Å². The van der Waals surface area contributed by atoms with Crippen LogP contribution < -0.4 is 5.73 Å². The topological polar surface area (TPSA) is 86.3 Å². The summed E-state index contributed by atoms with van der Waals surface area (Å²) in [5, 5.41) is 0.781. The molecule has 0 spiro atoms. The molecule has 1 amide bonds. The summed E-state index contributed by atoms with van der Waals surface area (Å²) < 4.78 is 22.7. The molecule has 7 nitrogen and oxygen atoms in total. The Morgan fingerprint density at radius 2 is 1.78 bits per heavy atom. The Morgan fingerprint density at radius 3 is 2.47 bits per heavy atom. The van der Waals surface area contributed by atoms with Gasteiger partial charge >= 0.3 is 0 Å². The van der Waals surface area contributed by atoms with Gasteiger partial charge in [0.2, 0.25) is 0 Å². The number of nitrogen functional groups attached to an aromatic ring is 1. The fourth-order valence-corrected chi connectivity index (χ4v) is 4.67. The van der Waals surface area contributed by atoms with Gasteiger partial charge in [-0.2, -0.15) is 0 Å². The van der Waals surface area contributed by atoms with E-state index in [4.69, 9.17) is 15.5 Å². The Kier molecular flexibility index (Phi) is 7.23. The zero-order valence-electron chi connectivity index (χ0n) is 21.4. The van der Waals surface area contributed by atoms with Crippen molar-refractivity contribution in [2.45, 2.75) is 32.4 Å². The summed E-state index contributed by atoms with van der Waals surface area (Å²) >= 11 is 0. The van der Waals surface area contributed by atoms with E-state index < -0.39 is 8.07 Å². The summed E-state index contributed by atoms with van der Waals surface area (Å²) in [5.41, 5.74) is 9.64. The zero-order chi connectivity index (χ0) is 26.0. The van der Waals surface area contributed by atoms with Crippen LogP contribution in [-0.4, -0.2) is 54.1 Å². The first-order valence-electron chi connectivity index (χ1n) is 11.8. The average molecular weight is 506 g/mol. The van der Waals surface area contributed by atoms with Crippen LogP contribution in [0.2, 0.25) is 25.7 Å². The van der Waals surface area contributed by atoms with Crippen LogP contribution >= 0.6 is 0 Å². The van der Waals surface area contributed by atoms with Gasteiger partial charge in [0.05, 0.1) is 5.56 Å². The highest BCUT2D eigenvalue weighted by Crippen LogP contribution is 2.34. The number of fused-ring (bicyclic) bond motifs is 1. The van der Waals surface area contributed by atoms with Crippen molar-refractivity contribution in [2.75, 3.05) is 26.4 Å². The lowest BCUT2D eigenvalue weighted by Gasteiger charge is -2.15. The molecule has 0 fully saturated rings. The molecular weight excluding hydrogens is 473 g/mol. The zero-order valence-corrected chi connectivity index (χ0v) is 22.4. The number of benzene rings is 1. The van der Waals surface area contributed by atoms with Gasteiger partial charge in [-0.1, -0.05) is 37.8 Å². The highest BCUT2D eigenvalue weighted by Gasteiger charge is 2.18. The van der Waals surface area contributed by atoms with Crippen LogP contribution in [0.15, 0.2) is 55.0 Å². The Hall–Kier alpha value is -3.56. The summed E-state index contributed by atoms with van der Waals surface area (Å²) in [4.78, 5) is 23.0. The molecule has 3 heterocycles. The smallest absolute Gasteiger partial charge is 0.257 e. The Bertz CT molecular complexity index is 1410. The van der Waals surface area contributed by atoms with Crippen molar-refractivity contribution in [3.05, 3.63) is 66.4 Å². The molecule has 0 saturated heterocycles. The molecule has 3 aromatic heterocycles. The lowest BCUT2D eigenvalue weighted by molar-refractivity contribution is 0.0828. The summed E-state index contributed by atoms with van der Waals surface area (Å²) in [5.74, 6) is -0.376. The van der Waals surface area contributed by atoms with Crippen molar-refractivity contribution in [2.24, 2.45) is 0 Å².